The Labute approximate surface area is 105 Å². The number of hydrogen-bond acceptors (Lipinski definition) is 3. The molecule has 1 amide bonds. The topological polar surface area (TPSA) is 62.1 Å². The van der Waals surface area contributed by atoms with Crippen molar-refractivity contribution < 1.29 is 13.9 Å². The molecule has 0 heterocycles. The van der Waals surface area contributed by atoms with Crippen molar-refractivity contribution in [3.8, 4) is 11.8 Å². The van der Waals surface area contributed by atoms with Crippen molar-refractivity contribution in [2.24, 2.45) is 5.41 Å². The van der Waals surface area contributed by atoms with Gasteiger partial charge in [0.2, 0.25) is 5.91 Å². The zero-order chi connectivity index (χ0) is 13.8. The lowest BCUT2D eigenvalue weighted by Gasteiger charge is -2.19. The number of rotatable bonds is 4. The minimum atomic E-state index is -1.17. The first-order valence-electron chi connectivity index (χ1n) is 5.53. The Morgan fingerprint density at radius 3 is 2.78 bits per heavy atom. The minimum Gasteiger partial charge on any atom is -0.497 e. The first-order valence-corrected chi connectivity index (χ1v) is 5.53. The quantitative estimate of drug-likeness (QED) is 0.893. The van der Waals surface area contributed by atoms with Crippen LogP contribution >= 0.6 is 0 Å². The van der Waals surface area contributed by atoms with Crippen LogP contribution in [-0.2, 0) is 4.79 Å². The van der Waals surface area contributed by atoms with E-state index in [1.165, 1.54) is 32.2 Å². The van der Waals surface area contributed by atoms with Crippen LogP contribution in [0.1, 0.15) is 20.3 Å². The Bertz CT molecular complexity index is 496. The SMILES string of the molecule is CCC(C)(C#N)C(=O)Nc1cc(OC)ccc1F. The van der Waals surface area contributed by atoms with Gasteiger partial charge in [0.05, 0.1) is 18.9 Å². The summed E-state index contributed by atoms with van der Waals surface area (Å²) in [6.45, 7) is 3.24. The number of carbonyl (C=O) groups excluding carboxylic acids is 1. The predicted molar refractivity (Wildman–Crippen MR) is 65.6 cm³/mol. The van der Waals surface area contributed by atoms with Gasteiger partial charge in [-0.25, -0.2) is 4.39 Å². The molecule has 0 aromatic heterocycles. The smallest absolute Gasteiger partial charge is 0.244 e. The molecule has 1 N–H and O–H groups in total. The van der Waals surface area contributed by atoms with E-state index in [1.807, 2.05) is 6.07 Å². The van der Waals surface area contributed by atoms with E-state index >= 15 is 0 Å². The third kappa shape index (κ3) is 2.77. The van der Waals surface area contributed by atoms with E-state index < -0.39 is 17.1 Å². The molecule has 0 aliphatic heterocycles. The maximum atomic E-state index is 13.5. The lowest BCUT2D eigenvalue weighted by molar-refractivity contribution is -0.122. The van der Waals surface area contributed by atoms with Gasteiger partial charge in [0.1, 0.15) is 17.0 Å². The molecule has 5 heteroatoms. The summed E-state index contributed by atoms with van der Waals surface area (Å²) in [6.07, 6.45) is 0.348. The van der Waals surface area contributed by atoms with Crippen LogP contribution in [0.15, 0.2) is 18.2 Å². The summed E-state index contributed by atoms with van der Waals surface area (Å²) in [5.41, 5.74) is -1.16. The second-order valence-electron chi connectivity index (χ2n) is 4.10. The molecule has 1 rings (SSSR count). The summed E-state index contributed by atoms with van der Waals surface area (Å²) in [5.74, 6) is -0.665. The van der Waals surface area contributed by atoms with Crippen molar-refractivity contribution in [2.75, 3.05) is 12.4 Å². The molecule has 1 atom stereocenters. The summed E-state index contributed by atoms with van der Waals surface area (Å²) >= 11 is 0. The number of benzene rings is 1. The van der Waals surface area contributed by atoms with Gasteiger partial charge in [0, 0.05) is 6.07 Å². The zero-order valence-electron chi connectivity index (χ0n) is 10.6. The second-order valence-corrected chi connectivity index (χ2v) is 4.10. The van der Waals surface area contributed by atoms with Crippen molar-refractivity contribution in [3.63, 3.8) is 0 Å². The Kier molecular flexibility index (Phi) is 4.27. The highest BCUT2D eigenvalue weighted by atomic mass is 19.1. The third-order valence-electron chi connectivity index (χ3n) is 2.88. The maximum absolute atomic E-state index is 13.5. The van der Waals surface area contributed by atoms with E-state index in [9.17, 15) is 9.18 Å². The number of ether oxygens (including phenoxy) is 1. The van der Waals surface area contributed by atoms with Crippen LogP contribution < -0.4 is 10.1 Å². The molecule has 0 saturated carbocycles. The van der Waals surface area contributed by atoms with Gasteiger partial charge in [-0.1, -0.05) is 6.92 Å². The number of halogens is 1. The Balaban J connectivity index is 2.98. The molecule has 0 radical (unpaired) electrons. The van der Waals surface area contributed by atoms with Gasteiger partial charge in [-0.05, 0) is 25.5 Å². The normalized spacial score (nSPS) is 13.3. The molecule has 0 bridgehead atoms. The van der Waals surface area contributed by atoms with Crippen molar-refractivity contribution in [3.05, 3.63) is 24.0 Å². The van der Waals surface area contributed by atoms with Crippen LogP contribution in [0, 0.1) is 22.6 Å². The van der Waals surface area contributed by atoms with Crippen LogP contribution in [0.25, 0.3) is 0 Å². The van der Waals surface area contributed by atoms with Crippen molar-refractivity contribution >= 4 is 11.6 Å². The van der Waals surface area contributed by atoms with E-state index in [1.54, 1.807) is 6.92 Å². The van der Waals surface area contributed by atoms with Crippen molar-refractivity contribution in [1.82, 2.24) is 0 Å². The Morgan fingerprint density at radius 2 is 2.28 bits per heavy atom. The van der Waals surface area contributed by atoms with Crippen molar-refractivity contribution in [1.29, 1.82) is 5.26 Å². The fourth-order valence-electron chi connectivity index (χ4n) is 1.28. The highest BCUT2D eigenvalue weighted by Crippen LogP contribution is 2.25. The summed E-state index contributed by atoms with van der Waals surface area (Å²) in [7, 11) is 1.45. The highest BCUT2D eigenvalue weighted by Gasteiger charge is 2.31. The van der Waals surface area contributed by atoms with E-state index in [2.05, 4.69) is 5.32 Å². The molecular formula is C13H15FN2O2. The number of methoxy groups -OCH3 is 1. The number of nitriles is 1. The standard InChI is InChI=1S/C13H15FN2O2/c1-4-13(2,8-15)12(17)16-11-7-9(18-3)5-6-10(11)14/h5-7H,4H2,1-3H3,(H,16,17). The van der Waals surface area contributed by atoms with Crippen molar-refractivity contribution in [2.45, 2.75) is 20.3 Å². The van der Waals surface area contributed by atoms with Gasteiger partial charge < -0.3 is 10.1 Å². The van der Waals surface area contributed by atoms with Crippen LogP contribution in [0.4, 0.5) is 10.1 Å². The van der Waals surface area contributed by atoms with Gasteiger partial charge in [-0.15, -0.1) is 0 Å². The average Bonchev–Trinajstić information content (AvgIpc) is 2.40. The summed E-state index contributed by atoms with van der Waals surface area (Å²) in [5, 5.41) is 11.4. The first-order chi connectivity index (χ1) is 8.46. The van der Waals surface area contributed by atoms with Crippen LogP contribution in [0.2, 0.25) is 0 Å². The van der Waals surface area contributed by atoms with Crippen LogP contribution in [0.5, 0.6) is 5.75 Å². The monoisotopic (exact) mass is 250 g/mol. The van der Waals surface area contributed by atoms with Gasteiger partial charge in [0.25, 0.3) is 0 Å². The molecule has 1 aromatic rings. The second kappa shape index (κ2) is 5.50. The molecule has 18 heavy (non-hydrogen) atoms. The summed E-state index contributed by atoms with van der Waals surface area (Å²) in [4.78, 5) is 11.9. The molecular weight excluding hydrogens is 235 g/mol. The Hall–Kier alpha value is -2.09. The number of amides is 1. The molecule has 0 aliphatic carbocycles. The zero-order valence-corrected chi connectivity index (χ0v) is 10.6. The average molecular weight is 250 g/mol. The molecule has 96 valence electrons. The van der Waals surface area contributed by atoms with Gasteiger partial charge in [-0.2, -0.15) is 5.26 Å². The highest BCUT2D eigenvalue weighted by molar-refractivity contribution is 5.97. The van der Waals surface area contributed by atoms with E-state index in [-0.39, 0.29) is 5.69 Å². The lowest BCUT2D eigenvalue weighted by Crippen LogP contribution is -2.31. The van der Waals surface area contributed by atoms with Crippen LogP contribution in [-0.4, -0.2) is 13.0 Å². The molecule has 0 aliphatic rings. The number of anilines is 1. The van der Waals surface area contributed by atoms with E-state index in [4.69, 9.17) is 10.00 Å². The number of nitrogens with one attached hydrogen (secondary N) is 1. The predicted octanol–water partition coefficient (Wildman–Crippen LogP) is 2.71. The Morgan fingerprint density at radius 1 is 1.61 bits per heavy atom. The fraction of sp³-hybridized carbons (Fsp3) is 0.385. The van der Waals surface area contributed by atoms with Gasteiger partial charge >= 0.3 is 0 Å². The number of hydrogen-bond donors (Lipinski definition) is 1. The summed E-state index contributed by atoms with van der Waals surface area (Å²) in [6, 6.07) is 5.96. The van der Waals surface area contributed by atoms with Crippen LogP contribution in [0.3, 0.4) is 0 Å². The maximum Gasteiger partial charge on any atom is 0.244 e. The largest absolute Gasteiger partial charge is 0.497 e. The van der Waals surface area contributed by atoms with E-state index in [0.717, 1.165) is 0 Å². The molecule has 1 unspecified atom stereocenters. The van der Waals surface area contributed by atoms with E-state index in [0.29, 0.717) is 12.2 Å². The van der Waals surface area contributed by atoms with Gasteiger partial charge in [0.15, 0.2) is 0 Å². The molecule has 4 nitrogen and oxygen atoms in total. The van der Waals surface area contributed by atoms with Gasteiger partial charge in [-0.3, -0.25) is 4.79 Å². The lowest BCUT2D eigenvalue weighted by atomic mass is 9.88. The number of carbonyl (C=O) groups is 1. The molecule has 0 spiro atoms. The molecule has 0 saturated heterocycles. The minimum absolute atomic E-state index is 0.00859. The first kappa shape index (κ1) is 14.0. The molecule has 0 fully saturated rings. The molecule has 1 aromatic carbocycles. The number of nitrogens with zero attached hydrogens (tertiary/aromatic N) is 1. The third-order valence-corrected chi connectivity index (χ3v) is 2.88. The fourth-order valence-corrected chi connectivity index (χ4v) is 1.28. The summed E-state index contributed by atoms with van der Waals surface area (Å²) < 4.78 is 18.5.